The molecule has 3 rings (SSSR count). The predicted molar refractivity (Wildman–Crippen MR) is 107 cm³/mol. The molecular formula is C21H26N4O2. The molecule has 6 heteroatoms. The Morgan fingerprint density at radius 1 is 1.11 bits per heavy atom. The van der Waals surface area contributed by atoms with Crippen molar-refractivity contribution in [2.75, 3.05) is 23.3 Å². The van der Waals surface area contributed by atoms with Crippen LogP contribution in [0, 0.1) is 5.92 Å². The molecule has 0 saturated carbocycles. The third-order valence-corrected chi connectivity index (χ3v) is 4.64. The summed E-state index contributed by atoms with van der Waals surface area (Å²) < 4.78 is 0. The van der Waals surface area contributed by atoms with Gasteiger partial charge in [0.25, 0.3) is 5.91 Å². The van der Waals surface area contributed by atoms with Gasteiger partial charge in [-0.2, -0.15) is 0 Å². The molecule has 0 unspecified atom stereocenters. The first-order chi connectivity index (χ1) is 13.0. The Morgan fingerprint density at radius 2 is 1.81 bits per heavy atom. The maximum Gasteiger partial charge on any atom is 0.255 e. The zero-order valence-corrected chi connectivity index (χ0v) is 15.9. The summed E-state index contributed by atoms with van der Waals surface area (Å²) in [7, 11) is 0. The molecule has 0 spiro atoms. The SMILES string of the molecule is CC(C)C(=O)Nc1ccc(CNC(=O)c2cccnc2N2CCCC2)cc1. The van der Waals surface area contributed by atoms with Crippen LogP contribution in [0.3, 0.4) is 0 Å². The minimum absolute atomic E-state index is 0.0120. The highest BCUT2D eigenvalue weighted by Gasteiger charge is 2.20. The summed E-state index contributed by atoms with van der Waals surface area (Å²) in [4.78, 5) is 31.0. The fourth-order valence-corrected chi connectivity index (χ4v) is 3.03. The number of amides is 2. The van der Waals surface area contributed by atoms with E-state index in [4.69, 9.17) is 0 Å². The summed E-state index contributed by atoms with van der Waals surface area (Å²) in [6.07, 6.45) is 4.00. The van der Waals surface area contributed by atoms with E-state index in [-0.39, 0.29) is 17.7 Å². The van der Waals surface area contributed by atoms with Crippen LogP contribution in [0.2, 0.25) is 0 Å². The van der Waals surface area contributed by atoms with Crippen LogP contribution in [0.25, 0.3) is 0 Å². The number of nitrogens with one attached hydrogen (secondary N) is 2. The number of aromatic nitrogens is 1. The van der Waals surface area contributed by atoms with Crippen molar-refractivity contribution in [2.45, 2.75) is 33.2 Å². The van der Waals surface area contributed by atoms with E-state index in [0.29, 0.717) is 12.1 Å². The normalized spacial score (nSPS) is 13.7. The second-order valence-corrected chi connectivity index (χ2v) is 7.09. The standard InChI is InChI=1S/C21H26N4O2/c1-15(2)20(26)24-17-9-7-16(8-10-17)14-23-21(27)18-6-5-11-22-19(18)25-12-3-4-13-25/h5-11,15H,3-4,12-14H2,1-2H3,(H,23,27)(H,24,26). The van der Waals surface area contributed by atoms with Gasteiger partial charge in [0, 0.05) is 37.4 Å². The molecule has 2 heterocycles. The van der Waals surface area contributed by atoms with Crippen LogP contribution in [-0.2, 0) is 11.3 Å². The molecule has 142 valence electrons. The summed E-state index contributed by atoms with van der Waals surface area (Å²) in [6, 6.07) is 11.1. The van der Waals surface area contributed by atoms with E-state index in [0.717, 1.165) is 43.0 Å². The van der Waals surface area contributed by atoms with E-state index in [1.54, 1.807) is 12.3 Å². The van der Waals surface area contributed by atoms with Crippen LogP contribution in [-0.4, -0.2) is 29.9 Å². The second kappa shape index (κ2) is 8.66. The van der Waals surface area contributed by atoms with Crippen molar-refractivity contribution in [1.82, 2.24) is 10.3 Å². The Morgan fingerprint density at radius 3 is 2.48 bits per heavy atom. The molecule has 2 aromatic rings. The fraction of sp³-hybridized carbons (Fsp3) is 0.381. The summed E-state index contributed by atoms with van der Waals surface area (Å²) in [6.45, 7) is 6.02. The van der Waals surface area contributed by atoms with Crippen LogP contribution in [0.5, 0.6) is 0 Å². The van der Waals surface area contributed by atoms with E-state index < -0.39 is 0 Å². The van der Waals surface area contributed by atoms with Crippen LogP contribution in [0.1, 0.15) is 42.6 Å². The average molecular weight is 366 g/mol. The van der Waals surface area contributed by atoms with Gasteiger partial charge in [-0.15, -0.1) is 0 Å². The number of hydrogen-bond donors (Lipinski definition) is 2. The monoisotopic (exact) mass is 366 g/mol. The molecule has 6 nitrogen and oxygen atoms in total. The highest BCUT2D eigenvalue weighted by molar-refractivity contribution is 5.99. The van der Waals surface area contributed by atoms with E-state index in [9.17, 15) is 9.59 Å². The minimum Gasteiger partial charge on any atom is -0.356 e. The lowest BCUT2D eigenvalue weighted by Gasteiger charge is -2.19. The molecule has 1 aliphatic rings. The topological polar surface area (TPSA) is 74.3 Å². The van der Waals surface area contributed by atoms with E-state index in [2.05, 4.69) is 20.5 Å². The van der Waals surface area contributed by atoms with Crippen molar-refractivity contribution in [1.29, 1.82) is 0 Å². The summed E-state index contributed by atoms with van der Waals surface area (Å²) in [5.74, 6) is 0.566. The lowest BCUT2D eigenvalue weighted by molar-refractivity contribution is -0.118. The fourth-order valence-electron chi connectivity index (χ4n) is 3.03. The molecule has 0 atom stereocenters. The zero-order valence-electron chi connectivity index (χ0n) is 15.9. The van der Waals surface area contributed by atoms with Crippen LogP contribution >= 0.6 is 0 Å². The Bertz CT molecular complexity index is 796. The Balaban J connectivity index is 1.60. The first-order valence-electron chi connectivity index (χ1n) is 9.42. The van der Waals surface area contributed by atoms with Crippen LogP contribution in [0.4, 0.5) is 11.5 Å². The van der Waals surface area contributed by atoms with E-state index in [1.165, 1.54) is 0 Å². The molecule has 1 fully saturated rings. The lowest BCUT2D eigenvalue weighted by atomic mass is 10.1. The number of carbonyl (C=O) groups is 2. The number of carbonyl (C=O) groups excluding carboxylic acids is 2. The number of hydrogen-bond acceptors (Lipinski definition) is 4. The number of benzene rings is 1. The molecule has 2 N–H and O–H groups in total. The highest BCUT2D eigenvalue weighted by atomic mass is 16.2. The maximum absolute atomic E-state index is 12.6. The number of rotatable bonds is 6. The van der Waals surface area contributed by atoms with Gasteiger partial charge < -0.3 is 15.5 Å². The molecule has 27 heavy (non-hydrogen) atoms. The number of nitrogens with zero attached hydrogens (tertiary/aromatic N) is 2. The van der Waals surface area contributed by atoms with Crippen LogP contribution in [0.15, 0.2) is 42.6 Å². The minimum atomic E-state index is -0.123. The number of anilines is 2. The third-order valence-electron chi connectivity index (χ3n) is 4.64. The maximum atomic E-state index is 12.6. The van der Waals surface area contributed by atoms with Gasteiger partial charge >= 0.3 is 0 Å². The van der Waals surface area contributed by atoms with Gasteiger partial charge in [0.05, 0.1) is 5.56 Å². The molecule has 2 amide bonds. The Kier molecular flexibility index (Phi) is 6.06. The number of pyridine rings is 1. The molecule has 1 aromatic heterocycles. The molecule has 1 saturated heterocycles. The zero-order chi connectivity index (χ0) is 19.2. The van der Waals surface area contributed by atoms with Gasteiger partial charge in [-0.3, -0.25) is 9.59 Å². The van der Waals surface area contributed by atoms with E-state index >= 15 is 0 Å². The average Bonchev–Trinajstić information content (AvgIpc) is 3.21. The lowest BCUT2D eigenvalue weighted by Crippen LogP contribution is -2.28. The van der Waals surface area contributed by atoms with Crippen molar-refractivity contribution in [3.8, 4) is 0 Å². The molecule has 0 bridgehead atoms. The van der Waals surface area contributed by atoms with Gasteiger partial charge in [-0.1, -0.05) is 26.0 Å². The smallest absolute Gasteiger partial charge is 0.255 e. The quantitative estimate of drug-likeness (QED) is 0.823. The molecule has 0 aliphatic carbocycles. The first-order valence-corrected chi connectivity index (χ1v) is 9.42. The first kappa shape index (κ1) is 18.9. The second-order valence-electron chi connectivity index (χ2n) is 7.09. The van der Waals surface area contributed by atoms with Crippen LogP contribution < -0.4 is 15.5 Å². The predicted octanol–water partition coefficient (Wildman–Crippen LogP) is 3.21. The largest absolute Gasteiger partial charge is 0.356 e. The molecule has 0 radical (unpaired) electrons. The van der Waals surface area contributed by atoms with Gasteiger partial charge in [0.2, 0.25) is 5.91 Å². The van der Waals surface area contributed by atoms with Crippen molar-refractivity contribution < 1.29 is 9.59 Å². The molecule has 1 aromatic carbocycles. The molecule has 1 aliphatic heterocycles. The van der Waals surface area contributed by atoms with Crippen molar-refractivity contribution in [3.63, 3.8) is 0 Å². The summed E-state index contributed by atoms with van der Waals surface area (Å²) in [5, 5.41) is 5.82. The van der Waals surface area contributed by atoms with Gasteiger partial charge in [-0.25, -0.2) is 4.98 Å². The summed E-state index contributed by atoms with van der Waals surface area (Å²) >= 11 is 0. The third kappa shape index (κ3) is 4.84. The Labute approximate surface area is 160 Å². The van der Waals surface area contributed by atoms with Crippen molar-refractivity contribution in [2.24, 2.45) is 5.92 Å². The molecular weight excluding hydrogens is 340 g/mol. The summed E-state index contributed by atoms with van der Waals surface area (Å²) in [5.41, 5.74) is 2.34. The van der Waals surface area contributed by atoms with Gasteiger partial charge in [0.15, 0.2) is 0 Å². The highest BCUT2D eigenvalue weighted by Crippen LogP contribution is 2.22. The van der Waals surface area contributed by atoms with Crippen molar-refractivity contribution in [3.05, 3.63) is 53.7 Å². The Hall–Kier alpha value is -2.89. The van der Waals surface area contributed by atoms with Gasteiger partial charge in [0.1, 0.15) is 5.82 Å². The van der Waals surface area contributed by atoms with Gasteiger partial charge in [-0.05, 0) is 42.7 Å². The van der Waals surface area contributed by atoms with Crippen molar-refractivity contribution >= 4 is 23.3 Å². The van der Waals surface area contributed by atoms with E-state index in [1.807, 2.05) is 44.2 Å².